The molecule has 0 aromatic heterocycles. The van der Waals surface area contributed by atoms with Crippen LogP contribution >= 0.6 is 0 Å². The molecule has 1 aliphatic rings. The van der Waals surface area contributed by atoms with Crippen LogP contribution in [0.1, 0.15) is 6.92 Å². The second-order valence-corrected chi connectivity index (χ2v) is 1.65. The van der Waals surface area contributed by atoms with Gasteiger partial charge in [-0.05, 0) is 6.92 Å². The van der Waals surface area contributed by atoms with Gasteiger partial charge in [-0.15, -0.1) is 10.2 Å². The van der Waals surface area contributed by atoms with Crippen LogP contribution in [0.5, 0.6) is 0 Å². The van der Waals surface area contributed by atoms with Crippen LogP contribution in [0.25, 0.3) is 0 Å². The zero-order chi connectivity index (χ0) is 7.40. The maximum Gasteiger partial charge on any atom is 0.138 e. The lowest BCUT2D eigenvalue weighted by molar-refractivity contribution is 0.410. The Labute approximate surface area is 59.3 Å². The molecule has 1 rings (SSSR count). The van der Waals surface area contributed by atoms with E-state index in [9.17, 15) is 0 Å². The van der Waals surface area contributed by atoms with Gasteiger partial charge in [0.2, 0.25) is 0 Å². The molecule has 0 spiro atoms. The summed E-state index contributed by atoms with van der Waals surface area (Å²) in [5.41, 5.74) is 0.831. The molecule has 0 atom stereocenters. The zero-order valence-electron chi connectivity index (χ0n) is 5.73. The lowest BCUT2D eigenvalue weighted by atomic mass is 10.4. The number of hydrazone groups is 2. The Morgan fingerprint density at radius 2 is 2.60 bits per heavy atom. The van der Waals surface area contributed by atoms with E-state index in [1.165, 1.54) is 11.5 Å². The van der Waals surface area contributed by atoms with Gasteiger partial charge >= 0.3 is 0 Å². The van der Waals surface area contributed by atoms with Crippen LogP contribution in [0.3, 0.4) is 0 Å². The largest absolute Gasteiger partial charge is 0.241 e. The highest BCUT2D eigenvalue weighted by Gasteiger charge is 2.03. The van der Waals surface area contributed by atoms with E-state index in [2.05, 4.69) is 21.9 Å². The van der Waals surface area contributed by atoms with Gasteiger partial charge < -0.3 is 0 Å². The Morgan fingerprint density at radius 1 is 1.80 bits per heavy atom. The molecule has 0 saturated carbocycles. The van der Waals surface area contributed by atoms with Crippen LogP contribution in [0, 0.1) is 0 Å². The highest BCUT2D eigenvalue weighted by Crippen LogP contribution is 2.04. The molecule has 0 saturated heterocycles. The minimum Gasteiger partial charge on any atom is -0.241 e. The van der Waals surface area contributed by atoms with E-state index >= 15 is 0 Å². The molecule has 0 aromatic rings. The average Bonchev–Trinajstić information content (AvgIpc) is 2.04. The number of nitrogens with zero attached hydrogens (tertiary/aromatic N) is 4. The highest BCUT2D eigenvalue weighted by atomic mass is 15.7. The molecule has 0 radical (unpaired) electrons. The topological polar surface area (TPSA) is 40.3 Å². The van der Waals surface area contributed by atoms with Gasteiger partial charge in [-0.1, -0.05) is 6.08 Å². The first kappa shape index (κ1) is 6.67. The maximum absolute atomic E-state index is 3.81. The minimum atomic E-state index is 0.831. The molecule has 52 valence electrons. The van der Waals surface area contributed by atoms with Crippen molar-refractivity contribution in [1.82, 2.24) is 5.12 Å². The van der Waals surface area contributed by atoms with Crippen molar-refractivity contribution in [3.8, 4) is 0 Å². The van der Waals surface area contributed by atoms with Crippen LogP contribution in [0.15, 0.2) is 27.0 Å². The summed E-state index contributed by atoms with van der Waals surface area (Å²) in [7, 11) is 0. The van der Waals surface area contributed by atoms with E-state index in [-0.39, 0.29) is 0 Å². The van der Waals surface area contributed by atoms with Crippen LogP contribution in [-0.4, -0.2) is 24.4 Å². The van der Waals surface area contributed by atoms with Crippen molar-refractivity contribution in [1.29, 1.82) is 0 Å². The molecule has 0 fully saturated rings. The van der Waals surface area contributed by atoms with E-state index in [1.54, 1.807) is 6.21 Å². The summed E-state index contributed by atoms with van der Waals surface area (Å²) >= 11 is 0. The van der Waals surface area contributed by atoms with Gasteiger partial charge in [0, 0.05) is 6.72 Å². The third-order valence-corrected chi connectivity index (χ3v) is 1.10. The van der Waals surface area contributed by atoms with Crippen molar-refractivity contribution in [3.05, 3.63) is 11.8 Å². The quantitative estimate of drug-likeness (QED) is 0.492. The Balaban J connectivity index is 2.83. The fraction of sp³-hybridized carbons (Fsp3) is 0.167. The Morgan fingerprint density at radius 3 is 3.10 bits per heavy atom. The predicted molar refractivity (Wildman–Crippen MR) is 42.1 cm³/mol. The highest BCUT2D eigenvalue weighted by molar-refractivity contribution is 5.86. The number of hydrogen-bond donors (Lipinski definition) is 0. The van der Waals surface area contributed by atoms with Gasteiger partial charge in [-0.3, -0.25) is 0 Å². The summed E-state index contributed by atoms with van der Waals surface area (Å²) in [6.45, 7) is 5.23. The molecule has 0 bridgehead atoms. The fourth-order valence-electron chi connectivity index (χ4n) is 0.615. The normalized spacial score (nSPS) is 20.1. The third kappa shape index (κ3) is 1.10. The van der Waals surface area contributed by atoms with Gasteiger partial charge in [0.05, 0.1) is 11.9 Å². The molecular weight excluding hydrogens is 128 g/mol. The number of aliphatic imine (C=N–C) groups is 1. The maximum atomic E-state index is 3.81. The van der Waals surface area contributed by atoms with Crippen LogP contribution < -0.4 is 0 Å². The van der Waals surface area contributed by atoms with E-state index in [0.717, 1.165) is 5.70 Å². The third-order valence-electron chi connectivity index (χ3n) is 1.10. The SMILES string of the molecule is C=NN1N=CN=C/C1=C/C. The first-order valence-corrected chi connectivity index (χ1v) is 2.87. The number of allylic oxidation sites excluding steroid dienone is 2. The first-order chi connectivity index (χ1) is 4.88. The smallest absolute Gasteiger partial charge is 0.138 e. The molecule has 4 nitrogen and oxygen atoms in total. The molecule has 0 aromatic carbocycles. The molecule has 10 heavy (non-hydrogen) atoms. The van der Waals surface area contributed by atoms with Crippen molar-refractivity contribution < 1.29 is 0 Å². The Hall–Kier alpha value is -1.45. The van der Waals surface area contributed by atoms with Crippen LogP contribution in [0.4, 0.5) is 0 Å². The lowest BCUT2D eigenvalue weighted by Crippen LogP contribution is -2.13. The summed E-state index contributed by atoms with van der Waals surface area (Å²) in [6, 6.07) is 0. The zero-order valence-corrected chi connectivity index (χ0v) is 5.73. The van der Waals surface area contributed by atoms with Gasteiger partial charge in [0.25, 0.3) is 0 Å². The molecule has 4 heteroatoms. The van der Waals surface area contributed by atoms with Crippen molar-refractivity contribution in [2.24, 2.45) is 15.2 Å². The fourth-order valence-corrected chi connectivity index (χ4v) is 0.615. The first-order valence-electron chi connectivity index (χ1n) is 2.87. The summed E-state index contributed by atoms with van der Waals surface area (Å²) < 4.78 is 0. The van der Waals surface area contributed by atoms with Crippen LogP contribution in [0.2, 0.25) is 0 Å². The molecule has 1 aliphatic heterocycles. The molecular formula is C6H8N4. The van der Waals surface area contributed by atoms with Crippen molar-refractivity contribution in [3.63, 3.8) is 0 Å². The van der Waals surface area contributed by atoms with Crippen molar-refractivity contribution >= 4 is 19.3 Å². The molecule has 0 aliphatic carbocycles. The summed E-state index contributed by atoms with van der Waals surface area (Å²) in [4.78, 5) is 3.81. The Kier molecular flexibility index (Phi) is 1.94. The summed E-state index contributed by atoms with van der Waals surface area (Å²) in [5.74, 6) is 0. The van der Waals surface area contributed by atoms with Gasteiger partial charge in [-0.2, -0.15) is 5.10 Å². The van der Waals surface area contributed by atoms with E-state index in [1.807, 2.05) is 13.0 Å². The standard InChI is InChI=1S/C6H8N4/c1-3-6-4-8-5-9-10(6)7-2/h3-5H,2H2,1H3/b6-3-. The average molecular weight is 136 g/mol. The van der Waals surface area contributed by atoms with E-state index in [0.29, 0.717) is 0 Å². The van der Waals surface area contributed by atoms with E-state index < -0.39 is 0 Å². The monoisotopic (exact) mass is 136 g/mol. The second kappa shape index (κ2) is 2.91. The Bertz CT molecular complexity index is 214. The summed E-state index contributed by atoms with van der Waals surface area (Å²) in [5, 5.41) is 8.85. The minimum absolute atomic E-state index is 0.831. The number of hydrogen-bond acceptors (Lipinski definition) is 4. The molecule has 0 amide bonds. The van der Waals surface area contributed by atoms with Crippen molar-refractivity contribution in [2.75, 3.05) is 0 Å². The molecule has 1 heterocycles. The molecule has 0 N–H and O–H groups in total. The number of rotatable bonds is 1. The predicted octanol–water partition coefficient (Wildman–Crippen LogP) is 0.836. The van der Waals surface area contributed by atoms with Gasteiger partial charge in [-0.25, -0.2) is 4.99 Å². The summed E-state index contributed by atoms with van der Waals surface area (Å²) in [6.07, 6.45) is 4.94. The van der Waals surface area contributed by atoms with Gasteiger partial charge in [0.15, 0.2) is 0 Å². The molecule has 0 unspecified atom stereocenters. The second-order valence-electron chi connectivity index (χ2n) is 1.65. The lowest BCUT2D eigenvalue weighted by Gasteiger charge is -2.13. The van der Waals surface area contributed by atoms with E-state index in [4.69, 9.17) is 0 Å². The van der Waals surface area contributed by atoms with Gasteiger partial charge in [0.1, 0.15) is 6.34 Å². The van der Waals surface area contributed by atoms with Crippen molar-refractivity contribution in [2.45, 2.75) is 6.92 Å². The van der Waals surface area contributed by atoms with Crippen LogP contribution in [-0.2, 0) is 0 Å².